The first kappa shape index (κ1) is 11.3. The minimum Gasteiger partial charge on any atom is -0.309 e. The number of nitrogens with zero attached hydrogens (tertiary/aromatic N) is 2. The molecule has 3 aromatic rings. The van der Waals surface area contributed by atoms with Crippen LogP contribution < -0.4 is 5.32 Å². The molecule has 3 nitrogen and oxygen atoms in total. The van der Waals surface area contributed by atoms with Gasteiger partial charge in [-0.05, 0) is 41.1 Å². The van der Waals surface area contributed by atoms with Gasteiger partial charge in [-0.15, -0.1) is 11.3 Å². The van der Waals surface area contributed by atoms with Gasteiger partial charge in [0.1, 0.15) is 0 Å². The number of benzene rings is 1. The Balaban J connectivity index is 2.15. The fourth-order valence-corrected chi connectivity index (χ4v) is 3.16. The monoisotopic (exact) mass is 255 g/mol. The largest absolute Gasteiger partial charge is 0.309 e. The standard InChI is InChI=1S/C14H13N3S/c1-15-13(11-5-7-16-17-9-11)12-4-2-3-10-6-8-18-14(10)12/h2-9,13,15H,1H3. The molecule has 18 heavy (non-hydrogen) atoms. The molecule has 1 N–H and O–H groups in total. The second-order valence-corrected chi connectivity index (χ2v) is 5.00. The van der Waals surface area contributed by atoms with Crippen LogP contribution in [-0.2, 0) is 0 Å². The summed E-state index contributed by atoms with van der Waals surface area (Å²) in [5.74, 6) is 0. The third kappa shape index (κ3) is 1.89. The molecule has 1 unspecified atom stereocenters. The second kappa shape index (κ2) is 4.84. The van der Waals surface area contributed by atoms with Crippen LogP contribution in [0.15, 0.2) is 48.1 Å². The van der Waals surface area contributed by atoms with Gasteiger partial charge in [0, 0.05) is 10.9 Å². The van der Waals surface area contributed by atoms with Gasteiger partial charge in [0.25, 0.3) is 0 Å². The first-order valence-corrected chi connectivity index (χ1v) is 6.68. The zero-order valence-electron chi connectivity index (χ0n) is 10.00. The number of hydrogen-bond acceptors (Lipinski definition) is 4. The highest BCUT2D eigenvalue weighted by atomic mass is 32.1. The van der Waals surface area contributed by atoms with Gasteiger partial charge < -0.3 is 5.32 Å². The van der Waals surface area contributed by atoms with Crippen LogP contribution in [0.2, 0.25) is 0 Å². The minimum atomic E-state index is 0.155. The second-order valence-electron chi connectivity index (χ2n) is 4.08. The maximum absolute atomic E-state index is 3.96. The van der Waals surface area contributed by atoms with E-state index in [-0.39, 0.29) is 6.04 Å². The van der Waals surface area contributed by atoms with Crippen molar-refractivity contribution in [2.45, 2.75) is 6.04 Å². The van der Waals surface area contributed by atoms with Crippen LogP contribution >= 0.6 is 11.3 Å². The summed E-state index contributed by atoms with van der Waals surface area (Å²) < 4.78 is 1.33. The Morgan fingerprint density at radius 2 is 2.11 bits per heavy atom. The Labute approximate surface area is 109 Å². The van der Waals surface area contributed by atoms with Gasteiger partial charge in [0.2, 0.25) is 0 Å². The third-order valence-corrected chi connectivity index (χ3v) is 4.03. The Bertz CT molecular complexity index is 648. The average Bonchev–Trinajstić information content (AvgIpc) is 2.90. The minimum absolute atomic E-state index is 0.155. The highest BCUT2D eigenvalue weighted by Gasteiger charge is 2.15. The number of thiophene rings is 1. The van der Waals surface area contributed by atoms with Crippen molar-refractivity contribution < 1.29 is 0 Å². The molecule has 3 rings (SSSR count). The van der Waals surface area contributed by atoms with Gasteiger partial charge >= 0.3 is 0 Å². The van der Waals surface area contributed by atoms with Gasteiger partial charge in [-0.3, -0.25) is 0 Å². The summed E-state index contributed by atoms with van der Waals surface area (Å²) in [6.07, 6.45) is 3.54. The van der Waals surface area contributed by atoms with Crippen molar-refractivity contribution in [3.05, 3.63) is 59.2 Å². The quantitative estimate of drug-likeness (QED) is 0.781. The Kier molecular flexibility index (Phi) is 3.04. The molecule has 0 aliphatic rings. The highest BCUT2D eigenvalue weighted by Crippen LogP contribution is 2.31. The molecular formula is C14H13N3S. The molecule has 1 atom stereocenters. The van der Waals surface area contributed by atoms with Crippen molar-refractivity contribution >= 4 is 21.4 Å². The zero-order valence-corrected chi connectivity index (χ0v) is 10.8. The van der Waals surface area contributed by atoms with Crippen molar-refractivity contribution in [2.24, 2.45) is 0 Å². The summed E-state index contributed by atoms with van der Waals surface area (Å²) in [5.41, 5.74) is 2.42. The number of rotatable bonds is 3. The van der Waals surface area contributed by atoms with Crippen LogP contribution in [0.25, 0.3) is 10.1 Å². The predicted molar refractivity (Wildman–Crippen MR) is 74.8 cm³/mol. The zero-order chi connectivity index (χ0) is 12.4. The summed E-state index contributed by atoms with van der Waals surface area (Å²) in [6, 6.07) is 10.7. The molecular weight excluding hydrogens is 242 g/mol. The summed E-state index contributed by atoms with van der Waals surface area (Å²) in [6.45, 7) is 0. The molecule has 0 aliphatic carbocycles. The van der Waals surface area contributed by atoms with Crippen LogP contribution in [0.5, 0.6) is 0 Å². The van der Waals surface area contributed by atoms with E-state index in [0.717, 1.165) is 5.56 Å². The number of fused-ring (bicyclic) bond motifs is 1. The highest BCUT2D eigenvalue weighted by molar-refractivity contribution is 7.17. The Hall–Kier alpha value is -1.78. The lowest BCUT2D eigenvalue weighted by atomic mass is 10.00. The number of nitrogens with one attached hydrogen (secondary N) is 1. The molecule has 2 aromatic heterocycles. The lowest BCUT2D eigenvalue weighted by molar-refractivity contribution is 0.690. The molecule has 0 fully saturated rings. The fraction of sp³-hybridized carbons (Fsp3) is 0.143. The molecule has 0 aliphatic heterocycles. The van der Waals surface area contributed by atoms with E-state index in [9.17, 15) is 0 Å². The van der Waals surface area contributed by atoms with Gasteiger partial charge in [0.15, 0.2) is 0 Å². The number of aromatic nitrogens is 2. The molecule has 0 amide bonds. The summed E-state index contributed by atoms with van der Waals surface area (Å²) in [7, 11) is 1.97. The molecule has 1 aromatic carbocycles. The maximum atomic E-state index is 3.96. The lowest BCUT2D eigenvalue weighted by Gasteiger charge is -2.17. The van der Waals surface area contributed by atoms with Crippen molar-refractivity contribution in [3.63, 3.8) is 0 Å². The lowest BCUT2D eigenvalue weighted by Crippen LogP contribution is -2.18. The average molecular weight is 255 g/mol. The van der Waals surface area contributed by atoms with E-state index in [1.807, 2.05) is 19.3 Å². The van der Waals surface area contributed by atoms with Gasteiger partial charge in [-0.2, -0.15) is 10.2 Å². The molecule has 4 heteroatoms. The topological polar surface area (TPSA) is 37.8 Å². The summed E-state index contributed by atoms with van der Waals surface area (Å²) in [5, 5.41) is 14.6. The molecule has 90 valence electrons. The molecule has 2 heterocycles. The Morgan fingerprint density at radius 3 is 2.89 bits per heavy atom. The maximum Gasteiger partial charge on any atom is 0.0604 e. The van der Waals surface area contributed by atoms with E-state index in [4.69, 9.17) is 0 Å². The van der Waals surface area contributed by atoms with Gasteiger partial charge in [-0.1, -0.05) is 18.2 Å². The van der Waals surface area contributed by atoms with Crippen LogP contribution in [0, 0.1) is 0 Å². The molecule has 0 saturated heterocycles. The van der Waals surface area contributed by atoms with Crippen molar-refractivity contribution in [2.75, 3.05) is 7.05 Å². The normalized spacial score (nSPS) is 12.7. The smallest absolute Gasteiger partial charge is 0.0604 e. The van der Waals surface area contributed by atoms with Crippen molar-refractivity contribution in [1.29, 1.82) is 0 Å². The van der Waals surface area contributed by atoms with E-state index in [1.54, 1.807) is 17.5 Å². The first-order valence-electron chi connectivity index (χ1n) is 5.80. The van der Waals surface area contributed by atoms with E-state index in [2.05, 4.69) is 45.2 Å². The van der Waals surface area contributed by atoms with E-state index >= 15 is 0 Å². The fourth-order valence-electron chi connectivity index (χ4n) is 2.22. The SMILES string of the molecule is CNC(c1ccnnc1)c1cccc2ccsc12. The summed E-state index contributed by atoms with van der Waals surface area (Å²) in [4.78, 5) is 0. The molecule has 0 bridgehead atoms. The predicted octanol–water partition coefficient (Wildman–Crippen LogP) is 3.00. The van der Waals surface area contributed by atoms with Gasteiger partial charge in [0.05, 0.1) is 12.2 Å². The van der Waals surface area contributed by atoms with Crippen LogP contribution in [0.3, 0.4) is 0 Å². The summed E-state index contributed by atoms with van der Waals surface area (Å²) >= 11 is 1.78. The van der Waals surface area contributed by atoms with Crippen molar-refractivity contribution in [3.8, 4) is 0 Å². The first-order chi connectivity index (χ1) is 8.90. The molecule has 0 saturated carbocycles. The molecule has 0 spiro atoms. The third-order valence-electron chi connectivity index (χ3n) is 3.05. The van der Waals surface area contributed by atoms with Gasteiger partial charge in [-0.25, -0.2) is 0 Å². The van der Waals surface area contributed by atoms with E-state index in [0.29, 0.717) is 0 Å². The molecule has 0 radical (unpaired) electrons. The van der Waals surface area contributed by atoms with E-state index < -0.39 is 0 Å². The van der Waals surface area contributed by atoms with Crippen LogP contribution in [0.1, 0.15) is 17.2 Å². The van der Waals surface area contributed by atoms with Crippen molar-refractivity contribution in [1.82, 2.24) is 15.5 Å². The van der Waals surface area contributed by atoms with Crippen LogP contribution in [-0.4, -0.2) is 17.2 Å². The Morgan fingerprint density at radius 1 is 1.17 bits per heavy atom. The van der Waals surface area contributed by atoms with E-state index in [1.165, 1.54) is 15.6 Å². The number of hydrogen-bond donors (Lipinski definition) is 1. The van der Waals surface area contributed by atoms with Crippen LogP contribution in [0.4, 0.5) is 0 Å².